The number of thiophene rings is 1. The van der Waals surface area contributed by atoms with Gasteiger partial charge in [-0.1, -0.05) is 92.7 Å². The fourth-order valence-electron chi connectivity index (χ4n) is 7.56. The molecule has 0 saturated carbocycles. The Morgan fingerprint density at radius 1 is 0.667 bits per heavy atom. The number of fused-ring (bicyclic) bond motifs is 10. The van der Waals surface area contributed by atoms with Crippen molar-refractivity contribution in [1.29, 1.82) is 5.26 Å². The number of rotatable bonds is 2. The second kappa shape index (κ2) is 9.16. The molecule has 8 aromatic rings. The third-order valence-electron chi connectivity index (χ3n) is 9.65. The maximum atomic E-state index is 9.66. The highest BCUT2D eigenvalue weighted by molar-refractivity contribution is 7.27. The fraction of sp³-hybridized carbons (Fsp3) is 0.0732. The van der Waals surface area contributed by atoms with Crippen LogP contribution in [0, 0.1) is 17.9 Å². The summed E-state index contributed by atoms with van der Waals surface area (Å²) in [5.74, 6) is 0. The van der Waals surface area contributed by atoms with Gasteiger partial charge < -0.3 is 4.57 Å². The monoisotopic (exact) mass is 591 g/mol. The zero-order chi connectivity index (χ0) is 30.4. The summed E-state index contributed by atoms with van der Waals surface area (Å²) in [5.41, 5.74) is 11.9. The number of hydrogen-bond donors (Lipinski definition) is 0. The average molecular weight is 592 g/mol. The van der Waals surface area contributed by atoms with E-state index in [1.165, 1.54) is 42.4 Å². The van der Waals surface area contributed by atoms with Gasteiger partial charge >= 0.3 is 0 Å². The van der Waals surface area contributed by atoms with E-state index in [2.05, 4.69) is 108 Å². The van der Waals surface area contributed by atoms with Crippen LogP contribution < -0.4 is 0 Å². The van der Waals surface area contributed by atoms with Gasteiger partial charge in [0.25, 0.3) is 0 Å². The number of nitriles is 1. The topological polar surface area (TPSA) is 33.1 Å². The zero-order valence-electron chi connectivity index (χ0n) is 24.7. The summed E-state index contributed by atoms with van der Waals surface area (Å²) in [7, 11) is 0. The Hall–Kier alpha value is -5.68. The van der Waals surface area contributed by atoms with Crippen molar-refractivity contribution in [3.63, 3.8) is 0 Å². The largest absolute Gasteiger partial charge is 0.309 e. The summed E-state index contributed by atoms with van der Waals surface area (Å²) in [6.45, 7) is 12.5. The van der Waals surface area contributed by atoms with E-state index < -0.39 is 0 Å². The maximum Gasteiger partial charge on any atom is 0.188 e. The molecule has 0 aliphatic heterocycles. The lowest BCUT2D eigenvalue weighted by atomic mass is 9.82. The molecular formula is C41H25N3S. The molecule has 45 heavy (non-hydrogen) atoms. The van der Waals surface area contributed by atoms with Gasteiger partial charge in [-0.15, -0.1) is 11.3 Å². The van der Waals surface area contributed by atoms with Crippen molar-refractivity contribution < 1.29 is 0 Å². The lowest BCUT2D eigenvalue weighted by molar-refractivity contribution is 0.661. The number of hydrogen-bond acceptors (Lipinski definition) is 2. The van der Waals surface area contributed by atoms with E-state index in [-0.39, 0.29) is 5.41 Å². The first-order valence-corrected chi connectivity index (χ1v) is 15.9. The van der Waals surface area contributed by atoms with Gasteiger partial charge in [-0.25, -0.2) is 4.85 Å². The van der Waals surface area contributed by atoms with Crippen LogP contribution in [0.3, 0.4) is 0 Å². The second-order valence-corrected chi connectivity index (χ2v) is 13.3. The highest BCUT2D eigenvalue weighted by Crippen LogP contribution is 2.54. The van der Waals surface area contributed by atoms with Crippen LogP contribution in [0.2, 0.25) is 0 Å². The molecule has 0 N–H and O–H groups in total. The van der Waals surface area contributed by atoms with Crippen molar-refractivity contribution in [1.82, 2.24) is 4.57 Å². The Kier molecular flexibility index (Phi) is 5.25. The second-order valence-electron chi connectivity index (χ2n) is 12.3. The van der Waals surface area contributed by atoms with Crippen molar-refractivity contribution in [2.45, 2.75) is 19.3 Å². The summed E-state index contributed by atoms with van der Waals surface area (Å²) in [5, 5.41) is 14.3. The lowest BCUT2D eigenvalue weighted by Gasteiger charge is -2.21. The SMILES string of the molecule is [C-]#[N+]c1ccc(-n2c3ccccc3c3cc(C#N)ccc32)c(-c2cccc3c2sc2c4c(ccc23)C(C)(C)c2ccccc2-4)c1. The van der Waals surface area contributed by atoms with E-state index in [4.69, 9.17) is 6.57 Å². The molecule has 1 aliphatic rings. The fourth-order valence-corrected chi connectivity index (χ4v) is 8.95. The van der Waals surface area contributed by atoms with Crippen molar-refractivity contribution in [3.8, 4) is 34.0 Å². The van der Waals surface area contributed by atoms with Crippen molar-refractivity contribution in [3.05, 3.63) is 143 Å². The molecule has 0 fully saturated rings. The Morgan fingerprint density at radius 2 is 1.42 bits per heavy atom. The number of para-hydroxylation sites is 1. The maximum absolute atomic E-state index is 9.66. The van der Waals surface area contributed by atoms with Crippen LogP contribution in [-0.2, 0) is 5.41 Å². The van der Waals surface area contributed by atoms with Gasteiger partial charge in [0.15, 0.2) is 5.69 Å². The van der Waals surface area contributed by atoms with Gasteiger partial charge in [-0.05, 0) is 58.7 Å². The first kappa shape index (κ1) is 25.8. The van der Waals surface area contributed by atoms with Crippen molar-refractivity contribution in [2.24, 2.45) is 0 Å². The van der Waals surface area contributed by atoms with Gasteiger partial charge in [0.05, 0.1) is 34.9 Å². The molecule has 0 unspecified atom stereocenters. The van der Waals surface area contributed by atoms with Crippen LogP contribution in [0.1, 0.15) is 30.5 Å². The van der Waals surface area contributed by atoms with Crippen LogP contribution in [-0.4, -0.2) is 4.57 Å². The van der Waals surface area contributed by atoms with E-state index in [1.807, 2.05) is 47.7 Å². The molecule has 0 spiro atoms. The molecule has 0 saturated heterocycles. The quantitative estimate of drug-likeness (QED) is 0.184. The Bertz CT molecular complexity index is 2650. The Morgan fingerprint density at radius 3 is 2.29 bits per heavy atom. The molecule has 1 aliphatic carbocycles. The molecule has 2 aromatic heterocycles. The minimum atomic E-state index is -0.0573. The normalized spacial score (nSPS) is 13.2. The molecule has 9 rings (SSSR count). The summed E-state index contributed by atoms with van der Waals surface area (Å²) in [6, 6.07) is 42.7. The third kappa shape index (κ3) is 3.43. The first-order chi connectivity index (χ1) is 22.0. The predicted molar refractivity (Wildman–Crippen MR) is 188 cm³/mol. The van der Waals surface area contributed by atoms with E-state index in [1.54, 1.807) is 0 Å². The standard InChI is InChI=1S/C41H25N3S/c1-41(2)33-13-6-4-10-30(33)38-34(41)18-17-29-27-11-8-12-28(39(27)45-40(29)38)32-22-25(43-3)16-20-37(32)44-35-14-7-5-9-26(35)31-21-24(23-42)15-19-36(31)44/h4-22H,1-2H3. The van der Waals surface area contributed by atoms with Gasteiger partial charge in [0.2, 0.25) is 0 Å². The number of aromatic nitrogens is 1. The minimum Gasteiger partial charge on any atom is -0.309 e. The van der Waals surface area contributed by atoms with Crippen molar-refractivity contribution >= 4 is 59.0 Å². The number of nitrogens with zero attached hydrogens (tertiary/aromatic N) is 3. The first-order valence-electron chi connectivity index (χ1n) is 15.0. The zero-order valence-corrected chi connectivity index (χ0v) is 25.5. The molecule has 0 amide bonds. The Labute approximate surface area is 264 Å². The summed E-state index contributed by atoms with van der Waals surface area (Å²) < 4.78 is 4.83. The highest BCUT2D eigenvalue weighted by Gasteiger charge is 2.36. The molecule has 0 radical (unpaired) electrons. The van der Waals surface area contributed by atoms with Gasteiger partial charge in [-0.3, -0.25) is 0 Å². The molecule has 2 heterocycles. The van der Waals surface area contributed by atoms with Crippen LogP contribution >= 0.6 is 11.3 Å². The molecule has 3 nitrogen and oxygen atoms in total. The Balaban J connectivity index is 1.37. The average Bonchev–Trinajstić information content (AvgIpc) is 3.70. The van der Waals surface area contributed by atoms with Crippen LogP contribution in [0.4, 0.5) is 5.69 Å². The van der Waals surface area contributed by atoms with Gasteiger partial charge in [0.1, 0.15) is 0 Å². The van der Waals surface area contributed by atoms with E-state index in [0.717, 1.165) is 38.6 Å². The molecule has 0 bridgehead atoms. The predicted octanol–water partition coefficient (Wildman–Crippen LogP) is 11.5. The smallest absolute Gasteiger partial charge is 0.188 e. The molecule has 0 atom stereocenters. The third-order valence-corrected chi connectivity index (χ3v) is 10.9. The van der Waals surface area contributed by atoms with E-state index >= 15 is 0 Å². The van der Waals surface area contributed by atoms with Crippen LogP contribution in [0.5, 0.6) is 0 Å². The van der Waals surface area contributed by atoms with Crippen LogP contribution in [0.15, 0.2) is 115 Å². The molecule has 6 aromatic carbocycles. The minimum absolute atomic E-state index is 0.0573. The summed E-state index contributed by atoms with van der Waals surface area (Å²) >= 11 is 1.86. The lowest BCUT2D eigenvalue weighted by Crippen LogP contribution is -2.14. The molecule has 4 heteroatoms. The van der Waals surface area contributed by atoms with E-state index in [0.29, 0.717) is 11.3 Å². The molecule has 210 valence electrons. The van der Waals surface area contributed by atoms with E-state index in [9.17, 15) is 5.26 Å². The van der Waals surface area contributed by atoms with Gasteiger partial charge in [-0.2, -0.15) is 5.26 Å². The highest BCUT2D eigenvalue weighted by atomic mass is 32.1. The summed E-state index contributed by atoms with van der Waals surface area (Å²) in [6.07, 6.45) is 0. The number of benzene rings is 6. The van der Waals surface area contributed by atoms with Crippen molar-refractivity contribution in [2.75, 3.05) is 0 Å². The molecular weight excluding hydrogens is 567 g/mol. The van der Waals surface area contributed by atoms with Crippen LogP contribution in [0.25, 0.3) is 74.8 Å². The van der Waals surface area contributed by atoms with Gasteiger partial charge in [0, 0.05) is 47.5 Å². The summed E-state index contributed by atoms with van der Waals surface area (Å²) in [4.78, 5) is 3.85.